The lowest BCUT2D eigenvalue weighted by atomic mass is 10.5. The second kappa shape index (κ2) is 4.75. The maximum absolute atomic E-state index is 5.33. The number of aromatic nitrogens is 3. The third-order valence-electron chi connectivity index (χ3n) is 2.60. The van der Waals surface area contributed by atoms with Gasteiger partial charge in [0.25, 0.3) is 0 Å². The van der Waals surface area contributed by atoms with Gasteiger partial charge in [0.1, 0.15) is 10.9 Å². The first-order chi connectivity index (χ1) is 8.34. The molecule has 0 aromatic carbocycles. The summed E-state index contributed by atoms with van der Waals surface area (Å²) >= 11 is 5.09. The molecule has 0 amide bonds. The largest absolute Gasteiger partial charge is 0.378 e. The van der Waals surface area contributed by atoms with E-state index in [0.717, 1.165) is 41.9 Å². The normalized spacial score (nSPS) is 16.4. The van der Waals surface area contributed by atoms with Crippen LogP contribution in [0.15, 0.2) is 22.5 Å². The Morgan fingerprint density at radius 2 is 2.18 bits per heavy atom. The van der Waals surface area contributed by atoms with Crippen molar-refractivity contribution in [2.45, 2.75) is 0 Å². The van der Waals surface area contributed by atoms with Gasteiger partial charge in [-0.15, -0.1) is 11.3 Å². The number of rotatable bonds is 2. The number of anilines is 1. The van der Waals surface area contributed by atoms with Gasteiger partial charge in [0.15, 0.2) is 10.9 Å². The van der Waals surface area contributed by atoms with E-state index in [1.807, 2.05) is 9.95 Å². The molecule has 2 aromatic heterocycles. The van der Waals surface area contributed by atoms with Gasteiger partial charge in [-0.3, -0.25) is 4.57 Å². The predicted molar refractivity (Wildman–Crippen MR) is 70.0 cm³/mol. The van der Waals surface area contributed by atoms with Gasteiger partial charge >= 0.3 is 0 Å². The van der Waals surface area contributed by atoms with Gasteiger partial charge in [-0.2, -0.15) is 0 Å². The number of nitrogens with zero attached hydrogens (tertiary/aromatic N) is 4. The topological polar surface area (TPSA) is 43.2 Å². The SMILES string of the molecule is Brc1cncn1-c1csc(N2CCOCC2)n1. The summed E-state index contributed by atoms with van der Waals surface area (Å²) in [7, 11) is 0. The summed E-state index contributed by atoms with van der Waals surface area (Å²) in [6.45, 7) is 3.39. The van der Waals surface area contributed by atoms with E-state index in [1.54, 1.807) is 23.9 Å². The Morgan fingerprint density at radius 1 is 1.35 bits per heavy atom. The third kappa shape index (κ3) is 2.22. The van der Waals surface area contributed by atoms with Crippen molar-refractivity contribution in [3.05, 3.63) is 22.5 Å². The molecule has 1 saturated heterocycles. The molecule has 0 atom stereocenters. The van der Waals surface area contributed by atoms with E-state index in [4.69, 9.17) is 4.74 Å². The summed E-state index contributed by atoms with van der Waals surface area (Å²) in [4.78, 5) is 10.9. The zero-order valence-electron chi connectivity index (χ0n) is 9.04. The molecule has 1 fully saturated rings. The lowest BCUT2D eigenvalue weighted by molar-refractivity contribution is 0.122. The van der Waals surface area contributed by atoms with E-state index in [1.165, 1.54) is 0 Å². The summed E-state index contributed by atoms with van der Waals surface area (Å²) in [5, 5.41) is 3.08. The summed E-state index contributed by atoms with van der Waals surface area (Å²) in [5.41, 5.74) is 0. The smallest absolute Gasteiger partial charge is 0.187 e. The fraction of sp³-hybridized carbons (Fsp3) is 0.400. The van der Waals surface area contributed by atoms with Gasteiger partial charge < -0.3 is 9.64 Å². The monoisotopic (exact) mass is 314 g/mol. The average Bonchev–Trinajstić information content (AvgIpc) is 2.98. The molecule has 7 heteroatoms. The minimum atomic E-state index is 0.781. The second-order valence-corrected chi connectivity index (χ2v) is 5.32. The fourth-order valence-corrected chi connectivity index (χ4v) is 2.96. The Kier molecular flexibility index (Phi) is 3.13. The van der Waals surface area contributed by atoms with E-state index in [9.17, 15) is 0 Å². The number of thiazole rings is 1. The van der Waals surface area contributed by atoms with Crippen LogP contribution in [0.3, 0.4) is 0 Å². The summed E-state index contributed by atoms with van der Waals surface area (Å²) < 4.78 is 8.16. The maximum atomic E-state index is 5.33. The van der Waals surface area contributed by atoms with Crippen LogP contribution in [0.2, 0.25) is 0 Å². The average molecular weight is 315 g/mol. The van der Waals surface area contributed by atoms with Gasteiger partial charge in [0.2, 0.25) is 0 Å². The molecule has 0 spiro atoms. The van der Waals surface area contributed by atoms with Gasteiger partial charge in [-0.1, -0.05) is 0 Å². The van der Waals surface area contributed by atoms with Crippen molar-refractivity contribution >= 4 is 32.4 Å². The summed E-state index contributed by atoms with van der Waals surface area (Å²) in [6.07, 6.45) is 3.51. The Balaban J connectivity index is 1.85. The van der Waals surface area contributed by atoms with Crippen LogP contribution in [-0.2, 0) is 4.74 Å². The van der Waals surface area contributed by atoms with Crippen molar-refractivity contribution in [3.63, 3.8) is 0 Å². The molecule has 0 bridgehead atoms. The van der Waals surface area contributed by atoms with Crippen molar-refractivity contribution in [3.8, 4) is 5.82 Å². The Bertz CT molecular complexity index is 506. The van der Waals surface area contributed by atoms with Crippen LogP contribution in [0, 0.1) is 0 Å². The molecule has 0 unspecified atom stereocenters. The molecule has 1 aliphatic heterocycles. The number of ether oxygens (including phenoxy) is 1. The van der Waals surface area contributed by atoms with Crippen LogP contribution in [0.25, 0.3) is 5.82 Å². The maximum Gasteiger partial charge on any atom is 0.187 e. The first kappa shape index (κ1) is 11.2. The quantitative estimate of drug-likeness (QED) is 0.849. The minimum Gasteiger partial charge on any atom is -0.378 e. The van der Waals surface area contributed by atoms with E-state index >= 15 is 0 Å². The summed E-state index contributed by atoms with van der Waals surface area (Å²) in [5.74, 6) is 0.904. The van der Waals surface area contributed by atoms with Crippen LogP contribution in [0.5, 0.6) is 0 Å². The van der Waals surface area contributed by atoms with E-state index in [0.29, 0.717) is 0 Å². The van der Waals surface area contributed by atoms with Crippen molar-refractivity contribution in [2.75, 3.05) is 31.2 Å². The van der Waals surface area contributed by atoms with Gasteiger partial charge in [-0.25, -0.2) is 9.97 Å². The number of imidazole rings is 1. The van der Waals surface area contributed by atoms with Gasteiger partial charge in [0.05, 0.1) is 19.4 Å². The molecular formula is C10H11BrN4OS. The second-order valence-electron chi connectivity index (χ2n) is 3.67. The van der Waals surface area contributed by atoms with E-state index in [-0.39, 0.29) is 0 Å². The molecule has 3 rings (SSSR count). The molecule has 0 aliphatic carbocycles. The molecule has 17 heavy (non-hydrogen) atoms. The number of hydrogen-bond acceptors (Lipinski definition) is 5. The first-order valence-electron chi connectivity index (χ1n) is 5.31. The van der Waals surface area contributed by atoms with Crippen molar-refractivity contribution in [2.24, 2.45) is 0 Å². The zero-order valence-corrected chi connectivity index (χ0v) is 11.4. The van der Waals surface area contributed by atoms with Crippen LogP contribution < -0.4 is 4.90 Å². The molecule has 1 aliphatic rings. The molecule has 2 aromatic rings. The van der Waals surface area contributed by atoms with E-state index in [2.05, 4.69) is 30.8 Å². The molecule has 0 saturated carbocycles. The first-order valence-corrected chi connectivity index (χ1v) is 6.98. The molecular weight excluding hydrogens is 304 g/mol. The standard InChI is InChI=1S/C10H11BrN4OS/c11-8-5-12-7-15(8)9-6-17-10(13-9)14-1-3-16-4-2-14/h5-7H,1-4H2. The highest BCUT2D eigenvalue weighted by Crippen LogP contribution is 2.25. The summed E-state index contributed by atoms with van der Waals surface area (Å²) in [6, 6.07) is 0. The van der Waals surface area contributed by atoms with Crippen LogP contribution >= 0.6 is 27.3 Å². The molecule has 5 nitrogen and oxygen atoms in total. The highest BCUT2D eigenvalue weighted by Gasteiger charge is 2.15. The number of halogens is 1. The molecule has 3 heterocycles. The molecule has 0 N–H and O–H groups in total. The lowest BCUT2D eigenvalue weighted by Gasteiger charge is -2.25. The predicted octanol–water partition coefficient (Wildman–Crippen LogP) is 1.93. The third-order valence-corrected chi connectivity index (χ3v) is 4.08. The fourth-order valence-electron chi connectivity index (χ4n) is 1.71. The zero-order chi connectivity index (χ0) is 11.7. The van der Waals surface area contributed by atoms with Crippen molar-refractivity contribution in [1.82, 2.24) is 14.5 Å². The van der Waals surface area contributed by atoms with Crippen LogP contribution in [0.4, 0.5) is 5.13 Å². The van der Waals surface area contributed by atoms with Crippen molar-refractivity contribution in [1.29, 1.82) is 0 Å². The highest BCUT2D eigenvalue weighted by molar-refractivity contribution is 9.10. The van der Waals surface area contributed by atoms with Crippen LogP contribution in [0.1, 0.15) is 0 Å². The molecule has 0 radical (unpaired) electrons. The van der Waals surface area contributed by atoms with Gasteiger partial charge in [-0.05, 0) is 15.9 Å². The van der Waals surface area contributed by atoms with Crippen LogP contribution in [-0.4, -0.2) is 40.8 Å². The van der Waals surface area contributed by atoms with Crippen molar-refractivity contribution < 1.29 is 4.74 Å². The van der Waals surface area contributed by atoms with E-state index < -0.39 is 0 Å². The number of morpholine rings is 1. The van der Waals surface area contributed by atoms with Gasteiger partial charge in [0, 0.05) is 18.5 Å². The Labute approximate surface area is 111 Å². The lowest BCUT2D eigenvalue weighted by Crippen LogP contribution is -2.36. The number of hydrogen-bond donors (Lipinski definition) is 0. The Hall–Kier alpha value is -0.920. The Morgan fingerprint density at radius 3 is 2.88 bits per heavy atom. The minimum absolute atomic E-state index is 0.781. The molecule has 90 valence electrons. The highest BCUT2D eigenvalue weighted by atomic mass is 79.9.